The molecule has 3 aromatic rings. The molecular formula is C21H16ClF3N4O4S. The van der Waals surface area contributed by atoms with Gasteiger partial charge >= 0.3 is 12.1 Å². The average Bonchev–Trinajstić information content (AvgIpc) is 3.12. The van der Waals surface area contributed by atoms with E-state index in [1.54, 1.807) is 13.0 Å². The van der Waals surface area contributed by atoms with E-state index in [0.29, 0.717) is 21.3 Å². The lowest BCUT2D eigenvalue weighted by atomic mass is 10.1. The average molecular weight is 513 g/mol. The molecule has 2 heterocycles. The molecule has 34 heavy (non-hydrogen) atoms. The van der Waals surface area contributed by atoms with Crippen LogP contribution in [0.4, 0.5) is 24.0 Å². The Balaban J connectivity index is 1.91. The first-order valence-corrected chi connectivity index (χ1v) is 10.7. The molecule has 2 aromatic heterocycles. The number of rotatable bonds is 6. The van der Waals surface area contributed by atoms with Gasteiger partial charge in [0.05, 0.1) is 16.3 Å². The number of hydrogen-bond donors (Lipinski definition) is 2. The van der Waals surface area contributed by atoms with Crippen molar-refractivity contribution in [2.45, 2.75) is 26.1 Å². The van der Waals surface area contributed by atoms with Gasteiger partial charge in [-0.25, -0.2) is 14.8 Å². The first-order chi connectivity index (χ1) is 16.0. The number of amides is 2. The Morgan fingerprint density at radius 3 is 2.44 bits per heavy atom. The summed E-state index contributed by atoms with van der Waals surface area (Å²) in [7, 11) is 0. The number of benzene rings is 1. The molecule has 0 aliphatic carbocycles. The van der Waals surface area contributed by atoms with Crippen LogP contribution in [0.1, 0.15) is 24.3 Å². The van der Waals surface area contributed by atoms with Crippen molar-refractivity contribution >= 4 is 51.5 Å². The monoisotopic (exact) mass is 512 g/mol. The molecule has 0 aliphatic heterocycles. The van der Waals surface area contributed by atoms with Gasteiger partial charge in [-0.15, -0.1) is 0 Å². The number of thiazole rings is 1. The molecule has 8 nitrogen and oxygen atoms in total. The van der Waals surface area contributed by atoms with Gasteiger partial charge in [-0.2, -0.15) is 13.2 Å². The van der Waals surface area contributed by atoms with Crippen LogP contribution in [0.25, 0.3) is 10.4 Å². The van der Waals surface area contributed by atoms with Crippen LogP contribution in [0.5, 0.6) is 0 Å². The van der Waals surface area contributed by atoms with Crippen molar-refractivity contribution in [1.29, 1.82) is 0 Å². The highest BCUT2D eigenvalue weighted by Crippen LogP contribution is 2.35. The molecule has 2 N–H and O–H groups in total. The number of carbonyl (C=O) groups excluding carboxylic acids is 3. The molecule has 13 heteroatoms. The number of hydrogen-bond acceptors (Lipinski definition) is 7. The van der Waals surface area contributed by atoms with E-state index in [1.165, 1.54) is 43.5 Å². The van der Waals surface area contributed by atoms with Crippen molar-refractivity contribution in [2.24, 2.45) is 0 Å². The number of halogens is 4. The fourth-order valence-corrected chi connectivity index (χ4v) is 3.95. The third kappa shape index (κ3) is 6.08. The SMILES string of the molecule is CC(=O)Nc1nc(C)c(-c2cnc(Cl)c(NC(=O)C(OC(=O)C(F)(F)F)c3ccccc3)c2)s1. The predicted molar refractivity (Wildman–Crippen MR) is 119 cm³/mol. The zero-order valence-electron chi connectivity index (χ0n) is 17.6. The summed E-state index contributed by atoms with van der Waals surface area (Å²) >= 11 is 7.24. The molecule has 3 rings (SSSR count). The van der Waals surface area contributed by atoms with Crippen LogP contribution in [0.3, 0.4) is 0 Å². The van der Waals surface area contributed by atoms with Gasteiger partial charge in [-0.1, -0.05) is 53.3 Å². The quantitative estimate of drug-likeness (QED) is 0.358. The van der Waals surface area contributed by atoms with Crippen molar-refractivity contribution in [1.82, 2.24) is 9.97 Å². The van der Waals surface area contributed by atoms with E-state index in [4.69, 9.17) is 11.6 Å². The maximum atomic E-state index is 12.9. The highest BCUT2D eigenvalue weighted by atomic mass is 35.5. The van der Waals surface area contributed by atoms with E-state index < -0.39 is 24.2 Å². The first-order valence-electron chi connectivity index (χ1n) is 9.50. The number of aromatic nitrogens is 2. The standard InChI is InChI=1S/C21H16ClF3N4O4S/c1-10-16(34-20(27-10)28-11(2)30)13-8-14(17(22)26-9-13)29-18(31)15(12-6-4-3-5-7-12)33-19(32)21(23,24)25/h3-9,15H,1-2H3,(H,29,31)(H,27,28,30). The summed E-state index contributed by atoms with van der Waals surface area (Å²) in [6.07, 6.45) is -5.78. The summed E-state index contributed by atoms with van der Waals surface area (Å²) in [4.78, 5) is 44.4. The third-order valence-corrected chi connectivity index (χ3v) is 5.66. The molecule has 178 valence electrons. The normalized spacial score (nSPS) is 12.1. The van der Waals surface area contributed by atoms with Gasteiger partial charge in [0.1, 0.15) is 0 Å². The predicted octanol–water partition coefficient (Wildman–Crippen LogP) is 4.91. The van der Waals surface area contributed by atoms with Gasteiger partial charge < -0.3 is 15.4 Å². The number of nitrogens with zero attached hydrogens (tertiary/aromatic N) is 2. The minimum Gasteiger partial charge on any atom is -0.441 e. The highest BCUT2D eigenvalue weighted by molar-refractivity contribution is 7.19. The van der Waals surface area contributed by atoms with Crippen LogP contribution in [0, 0.1) is 6.92 Å². The lowest BCUT2D eigenvalue weighted by Crippen LogP contribution is -2.32. The second kappa shape index (κ2) is 10.2. The van der Waals surface area contributed by atoms with Crippen molar-refractivity contribution in [3.05, 3.63) is 59.0 Å². The largest absolute Gasteiger partial charge is 0.490 e. The Labute approximate surface area is 200 Å². The van der Waals surface area contributed by atoms with Crippen molar-refractivity contribution in [3.8, 4) is 10.4 Å². The first kappa shape index (κ1) is 25.1. The van der Waals surface area contributed by atoms with Crippen molar-refractivity contribution < 1.29 is 32.3 Å². The summed E-state index contributed by atoms with van der Waals surface area (Å²) in [5, 5.41) is 5.15. The molecule has 1 atom stereocenters. The van der Waals surface area contributed by atoms with Gasteiger partial charge in [0.2, 0.25) is 12.0 Å². The number of alkyl halides is 3. The maximum Gasteiger partial charge on any atom is 0.490 e. The number of carbonyl (C=O) groups is 3. The van der Waals surface area contributed by atoms with Crippen LogP contribution in [0.15, 0.2) is 42.6 Å². The second-order valence-corrected chi connectivity index (χ2v) is 8.22. The third-order valence-electron chi connectivity index (χ3n) is 4.24. The lowest BCUT2D eigenvalue weighted by Gasteiger charge is -2.19. The van der Waals surface area contributed by atoms with Crippen LogP contribution >= 0.6 is 22.9 Å². The van der Waals surface area contributed by atoms with Crippen LogP contribution in [-0.4, -0.2) is 33.9 Å². The lowest BCUT2D eigenvalue weighted by molar-refractivity contribution is -0.205. The van der Waals surface area contributed by atoms with Crippen molar-refractivity contribution in [2.75, 3.05) is 10.6 Å². The molecule has 0 radical (unpaired) electrons. The van der Waals surface area contributed by atoms with Gasteiger partial charge in [-0.3, -0.25) is 9.59 Å². The molecule has 0 fully saturated rings. The second-order valence-electron chi connectivity index (χ2n) is 6.86. The van der Waals surface area contributed by atoms with Crippen LogP contribution in [0.2, 0.25) is 5.15 Å². The molecule has 2 amide bonds. The van der Waals surface area contributed by atoms with E-state index in [1.807, 2.05) is 0 Å². The summed E-state index contributed by atoms with van der Waals surface area (Å²) in [6.45, 7) is 3.04. The zero-order chi connectivity index (χ0) is 25.0. The van der Waals surface area contributed by atoms with E-state index in [2.05, 4.69) is 25.3 Å². The van der Waals surface area contributed by atoms with Crippen LogP contribution < -0.4 is 10.6 Å². The minimum atomic E-state index is -5.29. The van der Waals surface area contributed by atoms with E-state index in [9.17, 15) is 27.6 Å². The Bertz CT molecular complexity index is 1230. The Hall–Kier alpha value is -3.51. The molecule has 1 aromatic carbocycles. The molecular weight excluding hydrogens is 497 g/mol. The molecule has 0 saturated heterocycles. The minimum absolute atomic E-state index is 0.0242. The van der Waals surface area contributed by atoms with Crippen molar-refractivity contribution in [3.63, 3.8) is 0 Å². The van der Waals surface area contributed by atoms with Gasteiger partial charge in [0, 0.05) is 24.2 Å². The van der Waals surface area contributed by atoms with E-state index >= 15 is 0 Å². The number of ether oxygens (including phenoxy) is 1. The molecule has 0 saturated carbocycles. The van der Waals surface area contributed by atoms with E-state index in [-0.39, 0.29) is 22.3 Å². The maximum absolute atomic E-state index is 12.9. The molecule has 0 bridgehead atoms. The topological polar surface area (TPSA) is 110 Å². The number of esters is 1. The Morgan fingerprint density at radius 1 is 1.15 bits per heavy atom. The fraction of sp³-hybridized carbons (Fsp3) is 0.190. The highest BCUT2D eigenvalue weighted by Gasteiger charge is 2.43. The summed E-state index contributed by atoms with van der Waals surface area (Å²) in [5.74, 6) is -3.88. The Kier molecular flexibility index (Phi) is 7.52. The Morgan fingerprint density at radius 2 is 1.82 bits per heavy atom. The van der Waals surface area contributed by atoms with Gasteiger partial charge in [0.15, 0.2) is 10.3 Å². The van der Waals surface area contributed by atoms with Gasteiger partial charge in [-0.05, 0) is 13.0 Å². The van der Waals surface area contributed by atoms with E-state index in [0.717, 1.165) is 11.3 Å². The fourth-order valence-electron chi connectivity index (χ4n) is 2.80. The number of pyridine rings is 1. The number of aryl methyl sites for hydroxylation is 1. The summed E-state index contributed by atoms with van der Waals surface area (Å²) in [5.41, 5.74) is 1.05. The smallest absolute Gasteiger partial charge is 0.441 e. The molecule has 0 spiro atoms. The summed E-state index contributed by atoms with van der Waals surface area (Å²) < 4.78 is 42.8. The van der Waals surface area contributed by atoms with Gasteiger partial charge in [0.25, 0.3) is 5.91 Å². The molecule has 0 aliphatic rings. The number of nitrogens with one attached hydrogen (secondary N) is 2. The van der Waals surface area contributed by atoms with Crippen LogP contribution in [-0.2, 0) is 19.1 Å². The molecule has 1 unspecified atom stereocenters. The zero-order valence-corrected chi connectivity index (χ0v) is 19.1. The summed E-state index contributed by atoms with van der Waals surface area (Å²) in [6, 6.07) is 8.67. The number of anilines is 2.